The zero-order valence-electron chi connectivity index (χ0n) is 22.3. The van der Waals surface area contributed by atoms with Gasteiger partial charge in [0.1, 0.15) is 11.3 Å². The number of sulfone groups is 1. The Balaban J connectivity index is 1.95. The number of rotatable bonds is 8. The molecule has 0 fully saturated rings. The molecule has 0 spiro atoms. The Hall–Kier alpha value is -3.52. The molecule has 3 heterocycles. The van der Waals surface area contributed by atoms with Crippen molar-refractivity contribution in [1.29, 1.82) is 0 Å². The number of hydrogen-bond acceptors (Lipinski definition) is 8. The number of amides is 1. The summed E-state index contributed by atoms with van der Waals surface area (Å²) in [6, 6.07) is 3.90. The third-order valence-corrected chi connectivity index (χ3v) is 7.43. The molecular formula is C25H30F3N5O5S. The number of nitrogens with zero attached hydrogens (tertiary/aromatic N) is 4. The number of ether oxygens (including phenoxy) is 1. The van der Waals surface area contributed by atoms with Crippen LogP contribution in [0.25, 0.3) is 0 Å². The molecule has 1 unspecified atom stereocenters. The maximum atomic E-state index is 14.0. The molecule has 1 amide bonds. The molecule has 0 saturated carbocycles. The van der Waals surface area contributed by atoms with E-state index in [1.165, 1.54) is 43.8 Å². The number of halogens is 3. The van der Waals surface area contributed by atoms with Crippen LogP contribution in [0.2, 0.25) is 0 Å². The molecule has 0 aromatic carbocycles. The molecule has 0 aliphatic rings. The van der Waals surface area contributed by atoms with Gasteiger partial charge in [0.2, 0.25) is 5.88 Å². The summed E-state index contributed by atoms with van der Waals surface area (Å²) in [7, 11) is -3.42. The van der Waals surface area contributed by atoms with Crippen molar-refractivity contribution < 1.29 is 36.2 Å². The van der Waals surface area contributed by atoms with Crippen LogP contribution in [0.5, 0.6) is 11.6 Å². The second-order valence-electron chi connectivity index (χ2n) is 9.78. The topological polar surface area (TPSA) is 136 Å². The second-order valence-corrected chi connectivity index (χ2v) is 12.1. The van der Waals surface area contributed by atoms with Crippen LogP contribution >= 0.6 is 0 Å². The van der Waals surface area contributed by atoms with Gasteiger partial charge in [-0.2, -0.15) is 18.3 Å². The number of carbonyl (C=O) groups is 1. The summed E-state index contributed by atoms with van der Waals surface area (Å²) in [4.78, 5) is 20.9. The minimum Gasteiger partial charge on any atom is -0.438 e. The molecule has 0 saturated heterocycles. The van der Waals surface area contributed by atoms with Gasteiger partial charge in [0.05, 0.1) is 40.2 Å². The van der Waals surface area contributed by atoms with Gasteiger partial charge in [-0.15, -0.1) is 0 Å². The molecule has 39 heavy (non-hydrogen) atoms. The standard InChI is InChI=1S/C25H30F3N5O5S/c1-7-39(36,37)17-9-8-16(30-13-17)12-31-22(35)20-14(2)23(33(32-20)24(4,5)6)38-18-10-11-29-21(15(3)34)19(18)25(26,27)28/h8-11,13,15,34H,7,12H2,1-6H3,(H,31,35). The molecule has 14 heteroatoms. The van der Waals surface area contributed by atoms with Crippen molar-refractivity contribution in [3.05, 3.63) is 58.8 Å². The van der Waals surface area contributed by atoms with Gasteiger partial charge in [-0.1, -0.05) is 6.92 Å². The van der Waals surface area contributed by atoms with Crippen molar-refractivity contribution in [2.24, 2.45) is 0 Å². The fourth-order valence-corrected chi connectivity index (χ4v) is 4.46. The van der Waals surface area contributed by atoms with Gasteiger partial charge < -0.3 is 15.2 Å². The minimum absolute atomic E-state index is 0.0520. The van der Waals surface area contributed by atoms with Gasteiger partial charge >= 0.3 is 6.18 Å². The van der Waals surface area contributed by atoms with Gasteiger partial charge in [0, 0.05) is 18.0 Å². The summed E-state index contributed by atoms with van der Waals surface area (Å²) in [6.45, 7) is 9.34. The summed E-state index contributed by atoms with van der Waals surface area (Å²) in [6.07, 6.45) is -4.09. The zero-order valence-corrected chi connectivity index (χ0v) is 23.1. The largest absolute Gasteiger partial charge is 0.438 e. The van der Waals surface area contributed by atoms with Crippen LogP contribution < -0.4 is 10.1 Å². The Kier molecular flexibility index (Phi) is 8.41. The van der Waals surface area contributed by atoms with E-state index in [-0.39, 0.29) is 34.3 Å². The average molecular weight is 570 g/mol. The number of pyridine rings is 2. The average Bonchev–Trinajstić information content (AvgIpc) is 3.18. The third kappa shape index (κ3) is 6.56. The Morgan fingerprint density at radius 1 is 1.18 bits per heavy atom. The van der Waals surface area contributed by atoms with E-state index in [2.05, 4.69) is 20.4 Å². The van der Waals surface area contributed by atoms with Crippen LogP contribution in [-0.4, -0.2) is 44.9 Å². The number of aliphatic hydroxyl groups excluding tert-OH is 1. The lowest BCUT2D eigenvalue weighted by Gasteiger charge is -2.23. The lowest BCUT2D eigenvalue weighted by atomic mass is 10.1. The Labute approximate surface area is 224 Å². The Morgan fingerprint density at radius 3 is 2.36 bits per heavy atom. The van der Waals surface area contributed by atoms with Crippen LogP contribution in [0.3, 0.4) is 0 Å². The number of aromatic nitrogens is 4. The van der Waals surface area contributed by atoms with E-state index >= 15 is 0 Å². The summed E-state index contributed by atoms with van der Waals surface area (Å²) in [5.74, 6) is -1.40. The van der Waals surface area contributed by atoms with Crippen molar-refractivity contribution in [3.8, 4) is 11.6 Å². The molecule has 0 aliphatic carbocycles. The normalized spacial score (nSPS) is 13.3. The predicted octanol–water partition coefficient (Wildman–Crippen LogP) is 4.32. The summed E-state index contributed by atoms with van der Waals surface area (Å²) in [5.41, 5.74) is -2.12. The molecule has 0 radical (unpaired) electrons. The van der Waals surface area contributed by atoms with Crippen LogP contribution in [-0.2, 0) is 28.1 Å². The fraction of sp³-hybridized carbons (Fsp3) is 0.440. The number of hydrogen-bond donors (Lipinski definition) is 2. The van der Waals surface area contributed by atoms with E-state index in [4.69, 9.17) is 4.74 Å². The lowest BCUT2D eigenvalue weighted by Crippen LogP contribution is -2.27. The molecule has 3 aromatic heterocycles. The summed E-state index contributed by atoms with van der Waals surface area (Å²) < 4.78 is 72.8. The third-order valence-electron chi connectivity index (χ3n) is 5.71. The first kappa shape index (κ1) is 30.0. The lowest BCUT2D eigenvalue weighted by molar-refractivity contribution is -0.140. The highest BCUT2D eigenvalue weighted by atomic mass is 32.2. The van der Waals surface area contributed by atoms with Gasteiger partial charge in [0.25, 0.3) is 5.91 Å². The summed E-state index contributed by atoms with van der Waals surface area (Å²) >= 11 is 0. The van der Waals surface area contributed by atoms with E-state index in [9.17, 15) is 31.5 Å². The first-order valence-corrected chi connectivity index (χ1v) is 13.6. The highest BCUT2D eigenvalue weighted by Gasteiger charge is 2.40. The van der Waals surface area contributed by atoms with E-state index < -0.39 is 50.6 Å². The van der Waals surface area contributed by atoms with E-state index in [0.717, 1.165) is 12.3 Å². The highest BCUT2D eigenvalue weighted by molar-refractivity contribution is 7.91. The van der Waals surface area contributed by atoms with Crippen LogP contribution in [0.4, 0.5) is 13.2 Å². The molecule has 10 nitrogen and oxygen atoms in total. The number of aliphatic hydroxyl groups is 1. The zero-order chi connectivity index (χ0) is 29.3. The van der Waals surface area contributed by atoms with Gasteiger partial charge in [0.15, 0.2) is 15.5 Å². The Morgan fingerprint density at radius 2 is 1.85 bits per heavy atom. The molecule has 1 atom stereocenters. The SMILES string of the molecule is CCS(=O)(=O)c1ccc(CNC(=O)c2nn(C(C)(C)C)c(Oc3ccnc(C(C)O)c3C(F)(F)F)c2C)nc1. The van der Waals surface area contributed by atoms with Gasteiger partial charge in [-0.05, 0) is 52.8 Å². The quantitative estimate of drug-likeness (QED) is 0.409. The number of nitrogens with one attached hydrogen (secondary N) is 1. The first-order chi connectivity index (χ1) is 18.0. The smallest absolute Gasteiger partial charge is 0.421 e. The molecule has 3 rings (SSSR count). The monoisotopic (exact) mass is 569 g/mol. The Bertz CT molecular complexity index is 1460. The number of carbonyl (C=O) groups excluding carboxylic acids is 1. The molecule has 2 N–H and O–H groups in total. The number of alkyl halides is 3. The van der Waals surface area contributed by atoms with Crippen molar-refractivity contribution in [1.82, 2.24) is 25.1 Å². The van der Waals surface area contributed by atoms with Crippen molar-refractivity contribution in [2.45, 2.75) is 70.8 Å². The minimum atomic E-state index is -4.88. The van der Waals surface area contributed by atoms with Gasteiger partial charge in [-0.3, -0.25) is 14.8 Å². The molecule has 0 bridgehead atoms. The van der Waals surface area contributed by atoms with E-state index in [0.29, 0.717) is 5.69 Å². The van der Waals surface area contributed by atoms with Crippen molar-refractivity contribution >= 4 is 15.7 Å². The first-order valence-electron chi connectivity index (χ1n) is 11.9. The molecule has 0 aliphatic heterocycles. The van der Waals surface area contributed by atoms with Crippen LogP contribution in [0, 0.1) is 6.92 Å². The van der Waals surface area contributed by atoms with Crippen LogP contribution in [0.15, 0.2) is 35.5 Å². The van der Waals surface area contributed by atoms with Crippen molar-refractivity contribution in [3.63, 3.8) is 0 Å². The second kappa shape index (κ2) is 10.9. The van der Waals surface area contributed by atoms with E-state index in [1.807, 2.05) is 0 Å². The van der Waals surface area contributed by atoms with E-state index in [1.54, 1.807) is 20.8 Å². The maximum Gasteiger partial charge on any atom is 0.421 e. The summed E-state index contributed by atoms with van der Waals surface area (Å²) in [5, 5.41) is 16.8. The fourth-order valence-electron chi connectivity index (χ4n) is 3.64. The van der Waals surface area contributed by atoms with Crippen LogP contribution in [0.1, 0.15) is 73.7 Å². The molecule has 3 aromatic rings. The maximum absolute atomic E-state index is 14.0. The predicted molar refractivity (Wildman–Crippen MR) is 135 cm³/mol. The molecular weight excluding hydrogens is 539 g/mol. The van der Waals surface area contributed by atoms with Gasteiger partial charge in [-0.25, -0.2) is 13.1 Å². The van der Waals surface area contributed by atoms with Crippen molar-refractivity contribution in [2.75, 3.05) is 5.75 Å². The highest BCUT2D eigenvalue weighted by Crippen LogP contribution is 2.42. The molecule has 212 valence electrons.